The molecule has 0 bridgehead atoms. The van der Waals surface area contributed by atoms with E-state index < -0.39 is 12.1 Å². The molecular weight excluding hydrogens is 443 g/mol. The van der Waals surface area contributed by atoms with Crippen molar-refractivity contribution in [2.24, 2.45) is 5.92 Å². The Kier molecular flexibility index (Phi) is 7.75. The molecule has 2 saturated heterocycles. The zero-order valence-corrected chi connectivity index (χ0v) is 18.3. The SMILES string of the molecule is CO[C@H]1CCN(C(=O)c2ccoc2C)[C@@H]2CN(Cc3cccnc3)C[C@H]12.O=C(O)C(F)(F)F. The lowest BCUT2D eigenvalue weighted by atomic mass is 9.88. The van der Waals surface area contributed by atoms with E-state index in [-0.39, 0.29) is 18.1 Å². The molecule has 33 heavy (non-hydrogen) atoms. The minimum Gasteiger partial charge on any atom is -0.475 e. The van der Waals surface area contributed by atoms with Gasteiger partial charge in [0, 0.05) is 51.6 Å². The summed E-state index contributed by atoms with van der Waals surface area (Å²) in [6.45, 7) is 5.22. The number of nitrogens with zero attached hydrogens (tertiary/aromatic N) is 3. The number of hydrogen-bond donors (Lipinski definition) is 1. The lowest BCUT2D eigenvalue weighted by Gasteiger charge is -2.41. The number of carboxylic acids is 1. The molecule has 0 aliphatic carbocycles. The molecule has 2 aliphatic heterocycles. The number of likely N-dealkylation sites (tertiary alicyclic amines) is 2. The first-order chi connectivity index (χ1) is 15.6. The minimum absolute atomic E-state index is 0.0732. The van der Waals surface area contributed by atoms with Crippen LogP contribution in [0.4, 0.5) is 13.2 Å². The average Bonchev–Trinajstić information content (AvgIpc) is 3.39. The molecular formula is C22H26F3N3O5. The van der Waals surface area contributed by atoms with Gasteiger partial charge in [0.2, 0.25) is 0 Å². The number of piperidine rings is 1. The number of hydrogen-bond acceptors (Lipinski definition) is 6. The lowest BCUT2D eigenvalue weighted by molar-refractivity contribution is -0.192. The first kappa shape index (κ1) is 24.7. The van der Waals surface area contributed by atoms with Gasteiger partial charge in [0.1, 0.15) is 5.76 Å². The van der Waals surface area contributed by atoms with E-state index >= 15 is 0 Å². The van der Waals surface area contributed by atoms with E-state index in [9.17, 15) is 18.0 Å². The topological polar surface area (TPSA) is 96.1 Å². The van der Waals surface area contributed by atoms with Gasteiger partial charge in [0.05, 0.1) is 24.0 Å². The number of fused-ring (bicyclic) bond motifs is 1. The van der Waals surface area contributed by atoms with Crippen molar-refractivity contribution in [1.29, 1.82) is 0 Å². The summed E-state index contributed by atoms with van der Waals surface area (Å²) in [6, 6.07) is 6.01. The van der Waals surface area contributed by atoms with E-state index in [0.717, 1.165) is 32.6 Å². The van der Waals surface area contributed by atoms with Gasteiger partial charge >= 0.3 is 12.1 Å². The normalized spacial score (nSPS) is 22.9. The second kappa shape index (κ2) is 10.3. The second-order valence-corrected chi connectivity index (χ2v) is 8.04. The van der Waals surface area contributed by atoms with Gasteiger partial charge in [-0.05, 0) is 31.0 Å². The number of aromatic nitrogens is 1. The molecule has 0 spiro atoms. The Bertz CT molecular complexity index is 950. The highest BCUT2D eigenvalue weighted by molar-refractivity contribution is 5.95. The summed E-state index contributed by atoms with van der Waals surface area (Å²) in [6.07, 6.45) is 1.29. The number of methoxy groups -OCH3 is 1. The van der Waals surface area contributed by atoms with Crippen molar-refractivity contribution >= 4 is 11.9 Å². The summed E-state index contributed by atoms with van der Waals surface area (Å²) >= 11 is 0. The van der Waals surface area contributed by atoms with Crippen molar-refractivity contribution in [2.75, 3.05) is 26.7 Å². The van der Waals surface area contributed by atoms with Crippen LogP contribution in [0.1, 0.15) is 28.1 Å². The number of amides is 1. The standard InChI is InChI=1S/C20H25N3O3.C2HF3O2/c1-14-16(6-9-26-14)20(24)23-8-5-19(25-2)17-12-22(13-18(17)23)11-15-4-3-7-21-10-15;3-2(4,5)1(6)7/h3-4,6-7,9-10,17-19H,5,8,11-13H2,1-2H3;(H,6,7)/t17-,18+,19-;/m0./s1. The van der Waals surface area contributed by atoms with Crippen LogP contribution in [-0.2, 0) is 16.1 Å². The highest BCUT2D eigenvalue weighted by atomic mass is 19.4. The van der Waals surface area contributed by atoms with E-state index in [4.69, 9.17) is 19.1 Å². The van der Waals surface area contributed by atoms with Crippen LogP contribution in [0.3, 0.4) is 0 Å². The predicted octanol–water partition coefficient (Wildman–Crippen LogP) is 2.98. The van der Waals surface area contributed by atoms with Gasteiger partial charge in [-0.15, -0.1) is 0 Å². The van der Waals surface area contributed by atoms with E-state index in [2.05, 4.69) is 16.0 Å². The van der Waals surface area contributed by atoms with Crippen molar-refractivity contribution in [3.63, 3.8) is 0 Å². The Morgan fingerprint density at radius 1 is 1.30 bits per heavy atom. The smallest absolute Gasteiger partial charge is 0.475 e. The minimum atomic E-state index is -5.08. The molecule has 2 aromatic heterocycles. The third-order valence-corrected chi connectivity index (χ3v) is 5.97. The summed E-state index contributed by atoms with van der Waals surface area (Å²) in [5, 5.41) is 7.12. The zero-order chi connectivity index (χ0) is 24.2. The van der Waals surface area contributed by atoms with Crippen LogP contribution in [-0.4, -0.2) is 76.8 Å². The zero-order valence-electron chi connectivity index (χ0n) is 18.3. The van der Waals surface area contributed by atoms with Crippen molar-refractivity contribution < 1.29 is 37.0 Å². The Balaban J connectivity index is 0.000000383. The number of halogens is 3. The Morgan fingerprint density at radius 2 is 2.03 bits per heavy atom. The summed E-state index contributed by atoms with van der Waals surface area (Å²) < 4.78 is 42.8. The third kappa shape index (κ3) is 5.91. The number of alkyl halides is 3. The lowest BCUT2D eigenvalue weighted by Crippen LogP contribution is -2.53. The maximum Gasteiger partial charge on any atom is 0.490 e. The number of carboxylic acid groups (broad SMARTS) is 1. The monoisotopic (exact) mass is 469 g/mol. The van der Waals surface area contributed by atoms with Gasteiger partial charge < -0.3 is 19.2 Å². The number of ether oxygens (including phenoxy) is 1. The van der Waals surface area contributed by atoms with Crippen LogP contribution in [0, 0.1) is 12.8 Å². The molecule has 3 atom stereocenters. The Morgan fingerprint density at radius 3 is 2.58 bits per heavy atom. The molecule has 0 unspecified atom stereocenters. The van der Waals surface area contributed by atoms with Gasteiger partial charge in [0.25, 0.3) is 5.91 Å². The fraction of sp³-hybridized carbons (Fsp3) is 0.500. The summed E-state index contributed by atoms with van der Waals surface area (Å²) in [5.74, 6) is -1.66. The highest BCUT2D eigenvalue weighted by Gasteiger charge is 2.46. The maximum atomic E-state index is 13.1. The third-order valence-electron chi connectivity index (χ3n) is 5.97. The number of rotatable bonds is 4. The van der Waals surface area contributed by atoms with E-state index in [0.29, 0.717) is 17.2 Å². The van der Waals surface area contributed by atoms with Gasteiger partial charge in [0.15, 0.2) is 0 Å². The largest absolute Gasteiger partial charge is 0.490 e. The number of carbonyl (C=O) groups is 2. The maximum absolute atomic E-state index is 13.1. The summed E-state index contributed by atoms with van der Waals surface area (Å²) in [4.78, 5) is 30.6. The first-order valence-corrected chi connectivity index (χ1v) is 10.4. The molecule has 4 heterocycles. The highest BCUT2D eigenvalue weighted by Crippen LogP contribution is 2.34. The van der Waals surface area contributed by atoms with Crippen molar-refractivity contribution in [1.82, 2.24) is 14.8 Å². The molecule has 2 aromatic rings. The number of aryl methyl sites for hydroxylation is 1. The van der Waals surface area contributed by atoms with Crippen molar-refractivity contribution in [3.05, 3.63) is 53.7 Å². The van der Waals surface area contributed by atoms with Crippen LogP contribution >= 0.6 is 0 Å². The van der Waals surface area contributed by atoms with Crippen LogP contribution < -0.4 is 0 Å². The number of carbonyl (C=O) groups excluding carboxylic acids is 1. The molecule has 1 N–H and O–H groups in total. The molecule has 2 fully saturated rings. The molecule has 4 rings (SSSR count). The molecule has 0 aromatic carbocycles. The number of pyridine rings is 1. The molecule has 0 saturated carbocycles. The van der Waals surface area contributed by atoms with Gasteiger partial charge in [-0.1, -0.05) is 6.07 Å². The fourth-order valence-corrected chi connectivity index (χ4v) is 4.42. The molecule has 11 heteroatoms. The van der Waals surface area contributed by atoms with Crippen LogP contribution in [0.15, 0.2) is 41.3 Å². The van der Waals surface area contributed by atoms with Crippen LogP contribution in [0.2, 0.25) is 0 Å². The average molecular weight is 469 g/mol. The van der Waals surface area contributed by atoms with Gasteiger partial charge in [-0.3, -0.25) is 14.7 Å². The Hall–Kier alpha value is -2.92. The van der Waals surface area contributed by atoms with Crippen molar-refractivity contribution in [3.8, 4) is 0 Å². The molecule has 8 nitrogen and oxygen atoms in total. The quantitative estimate of drug-likeness (QED) is 0.736. The fourth-order valence-electron chi connectivity index (χ4n) is 4.42. The van der Waals surface area contributed by atoms with E-state index in [1.54, 1.807) is 25.6 Å². The molecule has 2 aliphatic rings. The second-order valence-electron chi connectivity index (χ2n) is 8.04. The van der Waals surface area contributed by atoms with E-state index in [1.165, 1.54) is 5.56 Å². The first-order valence-electron chi connectivity index (χ1n) is 10.4. The molecule has 1 amide bonds. The van der Waals surface area contributed by atoms with Gasteiger partial charge in [-0.2, -0.15) is 13.2 Å². The number of furan rings is 1. The number of aliphatic carboxylic acids is 1. The Labute approximate surface area is 188 Å². The van der Waals surface area contributed by atoms with Crippen molar-refractivity contribution in [2.45, 2.75) is 38.2 Å². The van der Waals surface area contributed by atoms with Gasteiger partial charge in [-0.25, -0.2) is 4.79 Å². The molecule has 0 radical (unpaired) electrons. The molecule has 180 valence electrons. The summed E-state index contributed by atoms with van der Waals surface area (Å²) in [5.41, 5.74) is 1.87. The summed E-state index contributed by atoms with van der Waals surface area (Å²) in [7, 11) is 1.78. The van der Waals surface area contributed by atoms with Crippen LogP contribution in [0.5, 0.6) is 0 Å². The predicted molar refractivity (Wildman–Crippen MR) is 110 cm³/mol. The van der Waals surface area contributed by atoms with Crippen LogP contribution in [0.25, 0.3) is 0 Å². The van der Waals surface area contributed by atoms with E-state index in [1.807, 2.05) is 24.1 Å².